The Morgan fingerprint density at radius 3 is 2.56 bits per heavy atom. The summed E-state index contributed by atoms with van der Waals surface area (Å²) in [4.78, 5) is 35.8. The molecule has 0 bridgehead atoms. The van der Waals surface area contributed by atoms with Gasteiger partial charge in [0.05, 0.1) is 7.11 Å². The maximum atomic E-state index is 13.1. The van der Waals surface area contributed by atoms with Gasteiger partial charge in [-0.2, -0.15) is 0 Å². The monoisotopic (exact) mass is 465 g/mol. The van der Waals surface area contributed by atoms with Crippen LogP contribution >= 0.6 is 0 Å². The normalized spacial score (nSPS) is 17.9. The van der Waals surface area contributed by atoms with Gasteiger partial charge in [0.2, 0.25) is 17.5 Å². The lowest BCUT2D eigenvalue weighted by Crippen LogP contribution is -2.33. The van der Waals surface area contributed by atoms with E-state index >= 15 is 0 Å². The number of methoxy groups -OCH3 is 1. The van der Waals surface area contributed by atoms with Crippen molar-refractivity contribution in [1.29, 1.82) is 0 Å². The molecule has 0 aromatic carbocycles. The highest BCUT2D eigenvalue weighted by atomic mass is 16.5. The fourth-order valence-electron chi connectivity index (χ4n) is 4.34. The van der Waals surface area contributed by atoms with E-state index in [0.717, 1.165) is 31.2 Å². The Hall–Kier alpha value is -3.62. The minimum Gasteiger partial charge on any atom is -0.481 e. The number of ether oxygens (including phenoxy) is 1. The lowest BCUT2D eigenvalue weighted by molar-refractivity contribution is -0.134. The fourth-order valence-corrected chi connectivity index (χ4v) is 4.34. The molecule has 3 aromatic heterocycles. The predicted octanol–water partition coefficient (Wildman–Crippen LogP) is 4.10. The van der Waals surface area contributed by atoms with Crippen LogP contribution in [0.25, 0.3) is 11.1 Å². The van der Waals surface area contributed by atoms with Crippen molar-refractivity contribution in [3.63, 3.8) is 0 Å². The summed E-state index contributed by atoms with van der Waals surface area (Å²) in [5, 5.41) is 6.21. The number of nitrogens with zero attached hydrogens (tertiary/aromatic N) is 3. The highest BCUT2D eigenvalue weighted by Gasteiger charge is 2.28. The average molecular weight is 466 g/mol. The Labute approximate surface area is 198 Å². The summed E-state index contributed by atoms with van der Waals surface area (Å²) in [6, 6.07) is 7.06. The third kappa shape index (κ3) is 5.13. The molecule has 1 aliphatic rings. The van der Waals surface area contributed by atoms with Gasteiger partial charge >= 0.3 is 0 Å². The van der Waals surface area contributed by atoms with Crippen LogP contribution in [0.15, 0.2) is 34.9 Å². The molecular formula is C25H31N5O4. The number of pyridine rings is 2. The molecule has 3 heterocycles. The molecule has 0 saturated heterocycles. The quantitative estimate of drug-likeness (QED) is 0.541. The van der Waals surface area contributed by atoms with Crippen molar-refractivity contribution >= 4 is 34.4 Å². The van der Waals surface area contributed by atoms with Crippen molar-refractivity contribution in [3.8, 4) is 5.88 Å². The molecule has 0 radical (unpaired) electrons. The fraction of sp³-hybridized carbons (Fsp3) is 0.440. The van der Waals surface area contributed by atoms with Crippen LogP contribution in [0.3, 0.4) is 0 Å². The number of amides is 2. The van der Waals surface area contributed by atoms with Gasteiger partial charge < -0.3 is 24.7 Å². The number of aryl methyl sites for hydroxylation is 1. The van der Waals surface area contributed by atoms with E-state index in [1.54, 1.807) is 50.5 Å². The summed E-state index contributed by atoms with van der Waals surface area (Å²) in [5.74, 6) is 1.30. The van der Waals surface area contributed by atoms with Gasteiger partial charge in [0.1, 0.15) is 17.0 Å². The molecule has 9 heteroatoms. The summed E-state index contributed by atoms with van der Waals surface area (Å²) in [6.07, 6.45) is 5.32. The summed E-state index contributed by atoms with van der Waals surface area (Å²) in [5.41, 5.74) is 2.57. The van der Waals surface area contributed by atoms with E-state index in [1.165, 1.54) is 0 Å². The Kier molecular flexibility index (Phi) is 7.00. The van der Waals surface area contributed by atoms with Gasteiger partial charge in [0.25, 0.3) is 5.91 Å². The molecule has 4 rings (SSSR count). The van der Waals surface area contributed by atoms with Gasteiger partial charge in [-0.25, -0.2) is 9.97 Å². The summed E-state index contributed by atoms with van der Waals surface area (Å²) < 4.78 is 11.2. The Bertz CT molecular complexity index is 1160. The number of anilines is 2. The van der Waals surface area contributed by atoms with Crippen molar-refractivity contribution in [2.75, 3.05) is 38.4 Å². The predicted molar refractivity (Wildman–Crippen MR) is 130 cm³/mol. The molecular weight excluding hydrogens is 434 g/mol. The molecule has 9 nitrogen and oxygen atoms in total. The summed E-state index contributed by atoms with van der Waals surface area (Å²) >= 11 is 0. The maximum Gasteiger partial charge on any atom is 0.294 e. The van der Waals surface area contributed by atoms with Crippen LogP contribution in [0.4, 0.5) is 11.5 Å². The lowest BCUT2D eigenvalue weighted by atomic mass is 9.81. The summed E-state index contributed by atoms with van der Waals surface area (Å²) in [6.45, 7) is 2.59. The zero-order valence-electron chi connectivity index (χ0n) is 20.1. The van der Waals surface area contributed by atoms with Gasteiger partial charge in [0, 0.05) is 38.8 Å². The van der Waals surface area contributed by atoms with Crippen molar-refractivity contribution in [2.45, 2.75) is 32.6 Å². The van der Waals surface area contributed by atoms with Crippen LogP contribution in [0.5, 0.6) is 5.88 Å². The molecule has 2 N–H and O–H groups in total. The largest absolute Gasteiger partial charge is 0.481 e. The molecule has 0 aliphatic heterocycles. The standard InChI is InChI=1S/C25H31N5O4/c1-15-5-11-19(26-13-15)28-24(31)23-22(21-18(34-23)10-12-20(29-21)33-4)27-14-16-6-8-17(9-7-16)25(32)30(2)3/h5,10-13,16-17,27H,6-9,14H2,1-4H3,(H,26,28,31). The van der Waals surface area contributed by atoms with E-state index in [2.05, 4.69) is 20.6 Å². The first kappa shape index (κ1) is 23.5. The second kappa shape index (κ2) is 10.1. The molecule has 3 aromatic rings. The number of hydrogen-bond donors (Lipinski definition) is 2. The minimum absolute atomic E-state index is 0.0929. The minimum atomic E-state index is -0.406. The zero-order valence-corrected chi connectivity index (χ0v) is 20.1. The van der Waals surface area contributed by atoms with Gasteiger partial charge in [-0.05, 0) is 56.2 Å². The summed E-state index contributed by atoms with van der Waals surface area (Å²) in [7, 11) is 5.16. The number of hydrogen-bond acceptors (Lipinski definition) is 7. The number of carbonyl (C=O) groups is 2. The van der Waals surface area contributed by atoms with Crippen LogP contribution < -0.4 is 15.4 Å². The topological polar surface area (TPSA) is 110 Å². The van der Waals surface area contributed by atoms with Crippen LogP contribution in [0.2, 0.25) is 0 Å². The first-order valence-corrected chi connectivity index (χ1v) is 11.5. The smallest absolute Gasteiger partial charge is 0.294 e. The van der Waals surface area contributed by atoms with Gasteiger partial charge in [0.15, 0.2) is 5.58 Å². The Morgan fingerprint density at radius 2 is 1.91 bits per heavy atom. The van der Waals surface area contributed by atoms with Crippen molar-refractivity contribution in [1.82, 2.24) is 14.9 Å². The van der Waals surface area contributed by atoms with E-state index < -0.39 is 5.91 Å². The zero-order chi connectivity index (χ0) is 24.2. The molecule has 0 unspecified atom stereocenters. The lowest BCUT2D eigenvalue weighted by Gasteiger charge is -2.29. The molecule has 2 amide bonds. The van der Waals surface area contributed by atoms with Crippen LogP contribution in [0.1, 0.15) is 41.8 Å². The van der Waals surface area contributed by atoms with Crippen LogP contribution in [0, 0.1) is 18.8 Å². The van der Waals surface area contributed by atoms with E-state index in [4.69, 9.17) is 9.15 Å². The van der Waals surface area contributed by atoms with Gasteiger partial charge in [-0.1, -0.05) is 6.07 Å². The first-order chi connectivity index (χ1) is 16.4. The highest BCUT2D eigenvalue weighted by molar-refractivity contribution is 6.10. The highest BCUT2D eigenvalue weighted by Crippen LogP contribution is 2.34. The molecule has 34 heavy (non-hydrogen) atoms. The van der Waals surface area contributed by atoms with Crippen LogP contribution in [-0.2, 0) is 4.79 Å². The van der Waals surface area contributed by atoms with Crippen LogP contribution in [-0.4, -0.2) is 54.4 Å². The van der Waals surface area contributed by atoms with E-state index in [-0.39, 0.29) is 17.6 Å². The van der Waals surface area contributed by atoms with Crippen molar-refractivity contribution in [2.24, 2.45) is 11.8 Å². The molecule has 1 saturated carbocycles. The number of fused-ring (bicyclic) bond motifs is 1. The van der Waals surface area contributed by atoms with E-state index in [1.807, 2.05) is 13.0 Å². The van der Waals surface area contributed by atoms with E-state index in [0.29, 0.717) is 40.9 Å². The van der Waals surface area contributed by atoms with E-state index in [9.17, 15) is 9.59 Å². The molecule has 1 fully saturated rings. The number of carbonyl (C=O) groups excluding carboxylic acids is 2. The second-order valence-electron chi connectivity index (χ2n) is 9.01. The third-order valence-electron chi connectivity index (χ3n) is 6.28. The van der Waals surface area contributed by atoms with Crippen molar-refractivity contribution in [3.05, 3.63) is 41.8 Å². The SMILES string of the molecule is COc1ccc2oc(C(=O)Nc3ccc(C)cn3)c(NCC3CCC(C(=O)N(C)C)CC3)c2n1. The number of rotatable bonds is 7. The third-order valence-corrected chi connectivity index (χ3v) is 6.28. The van der Waals surface area contributed by atoms with Crippen molar-refractivity contribution < 1.29 is 18.7 Å². The van der Waals surface area contributed by atoms with Gasteiger partial charge in [-0.3, -0.25) is 9.59 Å². The Balaban J connectivity index is 1.52. The number of furan rings is 1. The molecule has 180 valence electrons. The Morgan fingerprint density at radius 1 is 1.15 bits per heavy atom. The average Bonchev–Trinajstić information content (AvgIpc) is 3.21. The maximum absolute atomic E-state index is 13.1. The van der Waals surface area contributed by atoms with Gasteiger partial charge in [-0.15, -0.1) is 0 Å². The number of nitrogens with one attached hydrogen (secondary N) is 2. The number of aromatic nitrogens is 2. The molecule has 1 aliphatic carbocycles. The molecule has 0 spiro atoms. The second-order valence-corrected chi connectivity index (χ2v) is 9.01. The first-order valence-electron chi connectivity index (χ1n) is 11.5. The molecule has 0 atom stereocenters.